The van der Waals surface area contributed by atoms with Crippen LogP contribution in [0.25, 0.3) is 0 Å². The van der Waals surface area contributed by atoms with E-state index in [1.165, 1.54) is 0 Å². The fourth-order valence-corrected chi connectivity index (χ4v) is 3.04. The number of hydrogen-bond donors (Lipinski definition) is 1. The molecule has 1 saturated carbocycles. The van der Waals surface area contributed by atoms with Crippen LogP contribution in [0.1, 0.15) is 45.4 Å². The zero-order chi connectivity index (χ0) is 13.2. The SMILES string of the molecule is C#CC(CC)N1CC(=O)NC2(CCCCC2)C1=O. The van der Waals surface area contributed by atoms with Crippen LogP contribution in [0.15, 0.2) is 0 Å². The highest BCUT2D eigenvalue weighted by Gasteiger charge is 2.48. The topological polar surface area (TPSA) is 49.4 Å². The summed E-state index contributed by atoms with van der Waals surface area (Å²) in [5, 5.41) is 2.92. The first-order chi connectivity index (χ1) is 8.63. The van der Waals surface area contributed by atoms with Crippen molar-refractivity contribution in [1.82, 2.24) is 10.2 Å². The molecule has 1 saturated heterocycles. The van der Waals surface area contributed by atoms with Gasteiger partial charge in [0.15, 0.2) is 0 Å². The number of amides is 2. The third-order valence-corrected chi connectivity index (χ3v) is 4.03. The summed E-state index contributed by atoms with van der Waals surface area (Å²) in [6, 6.07) is -0.262. The van der Waals surface area contributed by atoms with Crippen molar-refractivity contribution in [2.45, 2.75) is 57.0 Å². The Bertz CT molecular complexity index is 391. The van der Waals surface area contributed by atoms with Crippen molar-refractivity contribution in [2.24, 2.45) is 0 Å². The molecule has 2 aliphatic rings. The Balaban J connectivity index is 2.25. The Labute approximate surface area is 108 Å². The lowest BCUT2D eigenvalue weighted by Crippen LogP contribution is -2.68. The van der Waals surface area contributed by atoms with Gasteiger partial charge in [-0.2, -0.15) is 0 Å². The number of piperazine rings is 1. The van der Waals surface area contributed by atoms with Gasteiger partial charge in [0.05, 0.1) is 6.04 Å². The van der Waals surface area contributed by atoms with E-state index in [1.807, 2.05) is 6.92 Å². The molecule has 2 amide bonds. The molecule has 18 heavy (non-hydrogen) atoms. The van der Waals surface area contributed by atoms with Gasteiger partial charge >= 0.3 is 0 Å². The molecule has 0 aromatic carbocycles. The van der Waals surface area contributed by atoms with E-state index in [0.29, 0.717) is 6.42 Å². The fraction of sp³-hybridized carbons (Fsp3) is 0.714. The highest BCUT2D eigenvalue weighted by atomic mass is 16.2. The van der Waals surface area contributed by atoms with Crippen molar-refractivity contribution in [3.05, 3.63) is 0 Å². The Morgan fingerprint density at radius 1 is 1.39 bits per heavy atom. The van der Waals surface area contributed by atoms with Crippen LogP contribution in [0.2, 0.25) is 0 Å². The molecule has 2 fully saturated rings. The molecule has 1 aliphatic heterocycles. The molecule has 1 atom stereocenters. The second kappa shape index (κ2) is 5.01. The van der Waals surface area contributed by atoms with Crippen molar-refractivity contribution >= 4 is 11.8 Å². The molecule has 1 unspecified atom stereocenters. The molecule has 1 heterocycles. The number of terminal acetylenes is 1. The van der Waals surface area contributed by atoms with Crippen LogP contribution in [0, 0.1) is 12.3 Å². The van der Waals surface area contributed by atoms with E-state index in [2.05, 4.69) is 11.2 Å². The van der Waals surface area contributed by atoms with E-state index >= 15 is 0 Å². The Kier molecular flexibility index (Phi) is 3.60. The monoisotopic (exact) mass is 248 g/mol. The summed E-state index contributed by atoms with van der Waals surface area (Å²) >= 11 is 0. The minimum absolute atomic E-state index is 0.0200. The van der Waals surface area contributed by atoms with E-state index in [1.54, 1.807) is 4.90 Å². The van der Waals surface area contributed by atoms with Crippen LogP contribution in [0.4, 0.5) is 0 Å². The molecule has 0 radical (unpaired) electrons. The number of hydrogen-bond acceptors (Lipinski definition) is 2. The van der Waals surface area contributed by atoms with Gasteiger partial charge in [-0.1, -0.05) is 32.1 Å². The molecule has 2 rings (SSSR count). The van der Waals surface area contributed by atoms with Gasteiger partial charge in [-0.25, -0.2) is 0 Å². The average Bonchev–Trinajstić information content (AvgIpc) is 2.37. The number of nitrogens with one attached hydrogen (secondary N) is 1. The molecule has 4 heteroatoms. The third kappa shape index (κ3) is 2.10. The normalized spacial score (nSPS) is 24.6. The fourth-order valence-electron chi connectivity index (χ4n) is 3.04. The zero-order valence-electron chi connectivity index (χ0n) is 10.9. The maximum atomic E-state index is 12.6. The number of rotatable bonds is 2. The lowest BCUT2D eigenvalue weighted by atomic mass is 9.79. The minimum Gasteiger partial charge on any atom is -0.340 e. The van der Waals surface area contributed by atoms with Gasteiger partial charge in [0.2, 0.25) is 11.8 Å². The number of nitrogens with zero attached hydrogens (tertiary/aromatic N) is 1. The summed E-state index contributed by atoms with van der Waals surface area (Å²) < 4.78 is 0. The van der Waals surface area contributed by atoms with E-state index in [0.717, 1.165) is 32.1 Å². The third-order valence-electron chi connectivity index (χ3n) is 4.03. The van der Waals surface area contributed by atoms with Gasteiger partial charge in [0.25, 0.3) is 0 Å². The quantitative estimate of drug-likeness (QED) is 0.743. The first kappa shape index (κ1) is 12.9. The predicted molar refractivity (Wildman–Crippen MR) is 68.6 cm³/mol. The molecule has 0 bridgehead atoms. The highest BCUT2D eigenvalue weighted by Crippen LogP contribution is 2.32. The summed E-state index contributed by atoms with van der Waals surface area (Å²) in [4.78, 5) is 26.1. The van der Waals surface area contributed by atoms with Gasteiger partial charge in [0, 0.05) is 0 Å². The van der Waals surface area contributed by atoms with Crippen LogP contribution in [-0.4, -0.2) is 34.8 Å². The molecule has 0 aromatic heterocycles. The minimum atomic E-state index is -0.669. The van der Waals surface area contributed by atoms with Crippen LogP contribution >= 0.6 is 0 Å². The van der Waals surface area contributed by atoms with Crippen LogP contribution in [0.5, 0.6) is 0 Å². The van der Waals surface area contributed by atoms with Crippen molar-refractivity contribution < 1.29 is 9.59 Å². The standard InChI is InChI=1S/C14H20N2O2/c1-3-11(4-2)16-10-12(17)15-14(13(16)18)8-6-5-7-9-14/h1,11H,4-10H2,2H3,(H,15,17). The van der Waals surface area contributed by atoms with Crippen LogP contribution in [-0.2, 0) is 9.59 Å². The van der Waals surface area contributed by atoms with Gasteiger partial charge in [0.1, 0.15) is 12.1 Å². The van der Waals surface area contributed by atoms with Crippen molar-refractivity contribution in [1.29, 1.82) is 0 Å². The van der Waals surface area contributed by atoms with Gasteiger partial charge in [-0.3, -0.25) is 9.59 Å². The van der Waals surface area contributed by atoms with Gasteiger partial charge in [-0.05, 0) is 19.3 Å². The maximum Gasteiger partial charge on any atom is 0.249 e. The molecule has 98 valence electrons. The van der Waals surface area contributed by atoms with Crippen molar-refractivity contribution in [3.8, 4) is 12.3 Å². The van der Waals surface area contributed by atoms with E-state index in [4.69, 9.17) is 6.42 Å². The Morgan fingerprint density at radius 2 is 2.06 bits per heavy atom. The number of carbonyl (C=O) groups excluding carboxylic acids is 2. The number of carbonyl (C=O) groups is 2. The maximum absolute atomic E-state index is 12.6. The van der Waals surface area contributed by atoms with E-state index in [9.17, 15) is 9.59 Å². The first-order valence-corrected chi connectivity index (χ1v) is 6.71. The van der Waals surface area contributed by atoms with Crippen molar-refractivity contribution in [2.75, 3.05) is 6.54 Å². The molecular formula is C14H20N2O2. The second-order valence-electron chi connectivity index (χ2n) is 5.21. The average molecular weight is 248 g/mol. The first-order valence-electron chi connectivity index (χ1n) is 6.71. The lowest BCUT2D eigenvalue weighted by molar-refractivity contribution is -0.153. The van der Waals surface area contributed by atoms with Crippen LogP contribution in [0.3, 0.4) is 0 Å². The summed E-state index contributed by atoms with van der Waals surface area (Å²) in [6.45, 7) is 2.04. The van der Waals surface area contributed by atoms with Crippen molar-refractivity contribution in [3.63, 3.8) is 0 Å². The summed E-state index contributed by atoms with van der Waals surface area (Å²) in [7, 11) is 0. The van der Waals surface area contributed by atoms with E-state index < -0.39 is 5.54 Å². The molecule has 1 N–H and O–H groups in total. The smallest absolute Gasteiger partial charge is 0.249 e. The van der Waals surface area contributed by atoms with Gasteiger partial charge in [-0.15, -0.1) is 6.42 Å². The molecule has 1 spiro atoms. The molecule has 4 nitrogen and oxygen atoms in total. The Morgan fingerprint density at radius 3 is 2.61 bits per heavy atom. The van der Waals surface area contributed by atoms with Gasteiger partial charge < -0.3 is 10.2 Å². The van der Waals surface area contributed by atoms with E-state index in [-0.39, 0.29) is 24.4 Å². The summed E-state index contributed by atoms with van der Waals surface area (Å²) in [6.07, 6.45) is 10.8. The predicted octanol–water partition coefficient (Wildman–Crippen LogP) is 1.06. The summed E-state index contributed by atoms with van der Waals surface area (Å²) in [5.41, 5.74) is -0.669. The molecule has 1 aliphatic carbocycles. The largest absolute Gasteiger partial charge is 0.340 e. The Hall–Kier alpha value is -1.50. The second-order valence-corrected chi connectivity index (χ2v) is 5.21. The van der Waals surface area contributed by atoms with Crippen LogP contribution < -0.4 is 5.32 Å². The lowest BCUT2D eigenvalue weighted by Gasteiger charge is -2.45. The summed E-state index contributed by atoms with van der Waals surface area (Å²) in [5.74, 6) is 2.56. The highest BCUT2D eigenvalue weighted by molar-refractivity contribution is 5.98. The molecular weight excluding hydrogens is 228 g/mol. The molecule has 0 aromatic rings. The zero-order valence-corrected chi connectivity index (χ0v) is 10.9.